The topological polar surface area (TPSA) is 73.6 Å². The van der Waals surface area contributed by atoms with Crippen LogP contribution in [0.5, 0.6) is 0 Å². The van der Waals surface area contributed by atoms with E-state index in [1.54, 1.807) is 13.8 Å². The first-order valence-electron chi connectivity index (χ1n) is 5.38. The monoisotopic (exact) mass is 393 g/mol. The van der Waals surface area contributed by atoms with Gasteiger partial charge in [-0.1, -0.05) is 11.6 Å². The molecule has 0 spiro atoms. The van der Waals surface area contributed by atoms with E-state index >= 15 is 0 Å². The molecule has 2 rings (SSSR count). The Morgan fingerprint density at radius 2 is 2.21 bits per heavy atom. The average molecular weight is 394 g/mol. The van der Waals surface area contributed by atoms with Crippen molar-refractivity contribution >= 4 is 51.6 Å². The summed E-state index contributed by atoms with van der Waals surface area (Å²) in [4.78, 5) is 27.3. The first kappa shape index (κ1) is 14.2. The number of halogens is 2. The number of hydrogen-bond acceptors (Lipinski definition) is 5. The van der Waals surface area contributed by atoms with Crippen LogP contribution < -0.4 is 0 Å². The van der Waals surface area contributed by atoms with Gasteiger partial charge in [0.25, 0.3) is 5.78 Å². The molecule has 0 saturated carbocycles. The van der Waals surface area contributed by atoms with Crippen molar-refractivity contribution in [3.63, 3.8) is 0 Å². The van der Waals surface area contributed by atoms with Gasteiger partial charge in [-0.3, -0.25) is 4.79 Å². The summed E-state index contributed by atoms with van der Waals surface area (Å²) >= 11 is 8.08. The fraction of sp³-hybridized carbons (Fsp3) is 0.273. The Bertz CT molecular complexity index is 683. The number of ether oxygens (including phenoxy) is 1. The number of hydrogen-bond donors (Lipinski definition) is 0. The first-order valence-corrected chi connectivity index (χ1v) is 6.84. The third-order valence-corrected chi connectivity index (χ3v) is 3.87. The zero-order chi connectivity index (χ0) is 14.2. The molecule has 8 heteroatoms. The van der Waals surface area contributed by atoms with Gasteiger partial charge >= 0.3 is 5.97 Å². The molecule has 0 bridgehead atoms. The summed E-state index contributed by atoms with van der Waals surface area (Å²) in [7, 11) is 0. The molecule has 0 radical (unpaired) electrons. The number of Topliss-reactive ketones (excluding diaryl/α,β-unsaturated/α-hetero) is 1. The molecule has 0 unspecified atom stereocenters. The summed E-state index contributed by atoms with van der Waals surface area (Å²) in [5.41, 5.74) is 1.14. The van der Waals surface area contributed by atoms with Gasteiger partial charge in [-0.2, -0.15) is 5.10 Å². The molecule has 6 nitrogen and oxygen atoms in total. The lowest BCUT2D eigenvalue weighted by molar-refractivity contribution is -0.137. The molecular formula is C11H9ClIN3O3. The first-order chi connectivity index (χ1) is 8.95. The highest BCUT2D eigenvalue weighted by atomic mass is 127. The van der Waals surface area contributed by atoms with Crippen LogP contribution in [0.1, 0.15) is 23.1 Å². The fourth-order valence-corrected chi connectivity index (χ4v) is 2.16. The quantitative estimate of drug-likeness (QED) is 0.262. The highest BCUT2D eigenvalue weighted by Crippen LogP contribution is 2.20. The van der Waals surface area contributed by atoms with Crippen LogP contribution in [0.4, 0.5) is 0 Å². The van der Waals surface area contributed by atoms with Gasteiger partial charge in [0, 0.05) is 6.07 Å². The predicted molar refractivity (Wildman–Crippen MR) is 76.4 cm³/mol. The number of ketones is 1. The van der Waals surface area contributed by atoms with E-state index in [0.717, 1.165) is 9.26 Å². The lowest BCUT2D eigenvalue weighted by Gasteiger charge is -2.02. The van der Waals surface area contributed by atoms with Crippen LogP contribution >= 0.6 is 34.2 Å². The van der Waals surface area contributed by atoms with Crippen LogP contribution in [-0.2, 0) is 9.53 Å². The van der Waals surface area contributed by atoms with Crippen molar-refractivity contribution in [3.05, 3.63) is 26.2 Å². The Morgan fingerprint density at radius 1 is 1.53 bits per heavy atom. The van der Waals surface area contributed by atoms with Crippen LogP contribution in [-0.4, -0.2) is 33.0 Å². The molecule has 0 N–H and O–H groups in total. The Morgan fingerprint density at radius 3 is 2.84 bits per heavy atom. The Balaban J connectivity index is 2.54. The summed E-state index contributed by atoms with van der Waals surface area (Å²) in [5, 5.41) is 4.39. The average Bonchev–Trinajstić information content (AvgIpc) is 2.66. The maximum atomic E-state index is 11.8. The molecule has 0 aliphatic carbocycles. The second-order valence-corrected chi connectivity index (χ2v) is 5.11. The van der Waals surface area contributed by atoms with Gasteiger partial charge in [0.15, 0.2) is 5.65 Å². The summed E-state index contributed by atoms with van der Waals surface area (Å²) in [6.07, 6.45) is 0. The summed E-state index contributed by atoms with van der Waals surface area (Å²) in [5.74, 6) is -1.76. The Kier molecular flexibility index (Phi) is 4.04. The molecule has 100 valence electrons. The maximum Gasteiger partial charge on any atom is 0.381 e. The van der Waals surface area contributed by atoms with Crippen LogP contribution in [0.25, 0.3) is 5.65 Å². The van der Waals surface area contributed by atoms with Crippen LogP contribution in [0, 0.1) is 10.5 Å². The molecule has 0 aromatic carbocycles. The van der Waals surface area contributed by atoms with Crippen molar-refractivity contribution in [3.8, 4) is 0 Å². The van der Waals surface area contributed by atoms with Gasteiger partial charge in [-0.05, 0) is 36.4 Å². The summed E-state index contributed by atoms with van der Waals surface area (Å²) in [6, 6.07) is 1.30. The number of fused-ring (bicyclic) bond motifs is 1. The Labute approximate surface area is 127 Å². The standard InChI is InChI=1S/C11H9ClIN3O3/c1-3-19-11(18)9(17)6-4-7(12)16-10(14-6)8(13)5(2)15-16/h4H,3H2,1-2H3. The summed E-state index contributed by atoms with van der Waals surface area (Å²) in [6.45, 7) is 3.56. The van der Waals surface area contributed by atoms with Crippen LogP contribution in [0.3, 0.4) is 0 Å². The number of esters is 1. The fourth-order valence-electron chi connectivity index (χ4n) is 1.48. The second kappa shape index (κ2) is 5.41. The number of carbonyl (C=O) groups is 2. The van der Waals surface area contributed by atoms with Crippen molar-refractivity contribution in [2.75, 3.05) is 6.61 Å². The highest BCUT2D eigenvalue weighted by Gasteiger charge is 2.22. The largest absolute Gasteiger partial charge is 0.460 e. The van der Waals surface area contributed by atoms with Gasteiger partial charge in [0.05, 0.1) is 15.9 Å². The van der Waals surface area contributed by atoms with Crippen molar-refractivity contribution in [1.29, 1.82) is 0 Å². The van der Waals surface area contributed by atoms with E-state index < -0.39 is 11.8 Å². The van der Waals surface area contributed by atoms with Crippen LogP contribution in [0.15, 0.2) is 6.07 Å². The van der Waals surface area contributed by atoms with E-state index in [0.29, 0.717) is 5.65 Å². The van der Waals surface area contributed by atoms with Gasteiger partial charge in [-0.15, -0.1) is 0 Å². The van der Waals surface area contributed by atoms with Crippen molar-refractivity contribution in [1.82, 2.24) is 14.6 Å². The maximum absolute atomic E-state index is 11.8. The van der Waals surface area contributed by atoms with E-state index in [9.17, 15) is 9.59 Å². The minimum absolute atomic E-state index is 0.0474. The number of aryl methyl sites for hydroxylation is 1. The molecule has 2 aromatic rings. The zero-order valence-corrected chi connectivity index (χ0v) is 13.0. The number of aromatic nitrogens is 3. The van der Waals surface area contributed by atoms with Crippen molar-refractivity contribution in [2.45, 2.75) is 13.8 Å². The normalized spacial score (nSPS) is 10.7. The molecule has 0 atom stereocenters. The Hall–Kier alpha value is -1.22. The molecule has 0 amide bonds. The van der Waals surface area contributed by atoms with E-state index in [1.807, 2.05) is 0 Å². The third kappa shape index (κ3) is 2.57. The SMILES string of the molecule is CCOC(=O)C(=O)c1cc(Cl)n2nc(C)c(I)c2n1. The lowest BCUT2D eigenvalue weighted by Crippen LogP contribution is -2.19. The third-order valence-electron chi connectivity index (χ3n) is 2.34. The minimum atomic E-state index is -0.943. The van der Waals surface area contributed by atoms with Crippen molar-refractivity contribution < 1.29 is 14.3 Å². The molecule has 0 saturated heterocycles. The highest BCUT2D eigenvalue weighted by molar-refractivity contribution is 14.1. The smallest absolute Gasteiger partial charge is 0.381 e. The second-order valence-electron chi connectivity index (χ2n) is 3.65. The predicted octanol–water partition coefficient (Wildman–Crippen LogP) is 2.04. The molecular weight excluding hydrogens is 384 g/mol. The van der Waals surface area contributed by atoms with Gasteiger partial charge in [-0.25, -0.2) is 14.3 Å². The van der Waals surface area contributed by atoms with E-state index in [4.69, 9.17) is 11.6 Å². The molecule has 2 heterocycles. The van der Waals surface area contributed by atoms with Crippen molar-refractivity contribution in [2.24, 2.45) is 0 Å². The van der Waals surface area contributed by atoms with Gasteiger partial charge in [0.2, 0.25) is 0 Å². The number of rotatable bonds is 3. The van der Waals surface area contributed by atoms with E-state index in [-0.39, 0.29) is 17.5 Å². The zero-order valence-electron chi connectivity index (χ0n) is 10.1. The number of carbonyl (C=O) groups excluding carboxylic acids is 2. The summed E-state index contributed by atoms with van der Waals surface area (Å²) < 4.78 is 6.84. The molecule has 0 aliphatic rings. The molecule has 0 aliphatic heterocycles. The van der Waals surface area contributed by atoms with Crippen LogP contribution in [0.2, 0.25) is 5.15 Å². The van der Waals surface area contributed by atoms with Gasteiger partial charge in [0.1, 0.15) is 10.8 Å². The van der Waals surface area contributed by atoms with E-state index in [1.165, 1.54) is 10.6 Å². The lowest BCUT2D eigenvalue weighted by atomic mass is 10.3. The molecule has 19 heavy (non-hydrogen) atoms. The minimum Gasteiger partial charge on any atom is -0.460 e. The number of nitrogens with zero attached hydrogens (tertiary/aromatic N) is 3. The molecule has 0 fully saturated rings. The molecule has 2 aromatic heterocycles. The van der Waals surface area contributed by atoms with Gasteiger partial charge < -0.3 is 4.74 Å². The van der Waals surface area contributed by atoms with E-state index in [2.05, 4.69) is 37.4 Å².